The first-order chi connectivity index (χ1) is 12.3. The van der Waals surface area contributed by atoms with Crippen LogP contribution in [0, 0.1) is 5.82 Å². The van der Waals surface area contributed by atoms with E-state index < -0.39 is 30.0 Å². The van der Waals surface area contributed by atoms with Crippen molar-refractivity contribution in [2.75, 3.05) is 11.9 Å². The summed E-state index contributed by atoms with van der Waals surface area (Å²) in [5.74, 6) is -1.27. The Morgan fingerprint density at radius 3 is 2.81 bits per heavy atom. The van der Waals surface area contributed by atoms with Gasteiger partial charge in [-0.1, -0.05) is 0 Å². The molecule has 138 valence electrons. The number of carbonyl (C=O) groups is 2. The first kappa shape index (κ1) is 17.7. The standard InChI is InChI=1S/C15H17FN6O4/c1-15(26,13(23)24)7-17-14(25)18-9-4-5-10(16)11(6-9)22-12(8-2-3-8)19-20-21-22/h4-6,8,26H,2-3,7H2,1H3,(H,23,24)(H2,17,18,25). The lowest BCUT2D eigenvalue weighted by molar-refractivity contribution is -0.155. The van der Waals surface area contributed by atoms with Gasteiger partial charge in [-0.05, 0) is 48.4 Å². The van der Waals surface area contributed by atoms with Crippen molar-refractivity contribution < 1.29 is 24.2 Å². The lowest BCUT2D eigenvalue weighted by Crippen LogP contribution is -2.47. The van der Waals surface area contributed by atoms with Gasteiger partial charge in [0.2, 0.25) is 0 Å². The quantitative estimate of drug-likeness (QED) is 0.589. The Labute approximate surface area is 147 Å². The van der Waals surface area contributed by atoms with Gasteiger partial charge >= 0.3 is 12.0 Å². The Bertz CT molecular complexity index is 848. The predicted octanol–water partition coefficient (Wildman–Crippen LogP) is 0.636. The smallest absolute Gasteiger partial charge is 0.337 e. The molecule has 4 N–H and O–H groups in total. The number of carbonyl (C=O) groups excluding carboxylic acids is 1. The Morgan fingerprint density at radius 1 is 1.42 bits per heavy atom. The summed E-state index contributed by atoms with van der Waals surface area (Å²) < 4.78 is 15.5. The van der Waals surface area contributed by atoms with Gasteiger partial charge in [-0.2, -0.15) is 4.68 Å². The van der Waals surface area contributed by atoms with Crippen LogP contribution < -0.4 is 10.6 Å². The summed E-state index contributed by atoms with van der Waals surface area (Å²) in [6.07, 6.45) is 1.87. The van der Waals surface area contributed by atoms with Gasteiger partial charge in [0, 0.05) is 11.6 Å². The molecule has 3 rings (SSSR count). The van der Waals surface area contributed by atoms with E-state index in [0.29, 0.717) is 5.82 Å². The van der Waals surface area contributed by atoms with Gasteiger partial charge in [0.15, 0.2) is 11.4 Å². The normalized spacial score (nSPS) is 16.0. The summed E-state index contributed by atoms with van der Waals surface area (Å²) >= 11 is 0. The maximum atomic E-state index is 14.2. The Kier molecular flexibility index (Phi) is 4.55. The third-order valence-corrected chi connectivity index (χ3v) is 3.92. The van der Waals surface area contributed by atoms with E-state index in [9.17, 15) is 19.1 Å². The Hall–Kier alpha value is -3.08. The molecule has 1 atom stereocenters. The molecular formula is C15H17FN6O4. The largest absolute Gasteiger partial charge is 0.479 e. The number of anilines is 1. The number of aromatic nitrogens is 4. The second-order valence-corrected chi connectivity index (χ2v) is 6.28. The van der Waals surface area contributed by atoms with Crippen LogP contribution in [0.15, 0.2) is 18.2 Å². The lowest BCUT2D eigenvalue weighted by Gasteiger charge is -2.18. The first-order valence-corrected chi connectivity index (χ1v) is 7.87. The first-order valence-electron chi connectivity index (χ1n) is 7.87. The molecule has 2 amide bonds. The van der Waals surface area contributed by atoms with E-state index >= 15 is 0 Å². The van der Waals surface area contributed by atoms with Crippen LogP contribution in [0.25, 0.3) is 5.69 Å². The molecule has 0 spiro atoms. The van der Waals surface area contributed by atoms with Crippen LogP contribution in [0.1, 0.15) is 31.5 Å². The molecular weight excluding hydrogens is 347 g/mol. The molecule has 26 heavy (non-hydrogen) atoms. The van der Waals surface area contributed by atoms with Crippen molar-refractivity contribution in [2.45, 2.75) is 31.3 Å². The highest BCUT2D eigenvalue weighted by atomic mass is 19.1. The number of tetrazole rings is 1. The van der Waals surface area contributed by atoms with Crippen molar-refractivity contribution in [3.05, 3.63) is 29.8 Å². The van der Waals surface area contributed by atoms with Crippen molar-refractivity contribution >= 4 is 17.7 Å². The van der Waals surface area contributed by atoms with Gasteiger partial charge in [-0.25, -0.2) is 14.0 Å². The number of hydrogen-bond acceptors (Lipinski definition) is 6. The molecule has 1 heterocycles. The zero-order valence-electron chi connectivity index (χ0n) is 13.8. The third kappa shape index (κ3) is 3.77. The summed E-state index contributed by atoms with van der Waals surface area (Å²) in [6, 6.07) is 3.13. The fourth-order valence-electron chi connectivity index (χ4n) is 2.22. The van der Waals surface area contributed by atoms with Crippen LogP contribution in [0.5, 0.6) is 0 Å². The van der Waals surface area contributed by atoms with E-state index in [-0.39, 0.29) is 17.3 Å². The number of aliphatic carboxylic acids is 1. The summed E-state index contributed by atoms with van der Waals surface area (Å²) in [5, 5.41) is 34.4. The minimum atomic E-state index is -2.10. The molecule has 1 aliphatic rings. The van der Waals surface area contributed by atoms with Crippen molar-refractivity contribution in [3.63, 3.8) is 0 Å². The summed E-state index contributed by atoms with van der Waals surface area (Å²) in [5.41, 5.74) is -1.75. The number of benzene rings is 1. The van der Waals surface area contributed by atoms with E-state index in [1.54, 1.807) is 0 Å². The number of carboxylic acid groups (broad SMARTS) is 1. The average Bonchev–Trinajstić information content (AvgIpc) is 3.32. The second kappa shape index (κ2) is 6.67. The van der Waals surface area contributed by atoms with Crippen molar-refractivity contribution in [3.8, 4) is 5.69 Å². The molecule has 0 saturated heterocycles. The molecule has 1 aromatic heterocycles. The molecule has 1 aromatic carbocycles. The fourth-order valence-corrected chi connectivity index (χ4v) is 2.22. The van der Waals surface area contributed by atoms with Gasteiger partial charge in [0.25, 0.3) is 0 Å². The number of aliphatic hydroxyl groups is 1. The zero-order valence-corrected chi connectivity index (χ0v) is 13.8. The third-order valence-electron chi connectivity index (χ3n) is 3.92. The minimum Gasteiger partial charge on any atom is -0.479 e. The van der Waals surface area contributed by atoms with Gasteiger partial charge in [0.05, 0.1) is 6.54 Å². The molecule has 11 heteroatoms. The van der Waals surface area contributed by atoms with Crippen LogP contribution in [0.4, 0.5) is 14.9 Å². The lowest BCUT2D eigenvalue weighted by atomic mass is 10.1. The monoisotopic (exact) mass is 364 g/mol. The number of amides is 2. The van der Waals surface area contributed by atoms with Crippen molar-refractivity contribution in [2.24, 2.45) is 0 Å². The number of nitrogens with one attached hydrogen (secondary N) is 2. The number of hydrogen-bond donors (Lipinski definition) is 4. The van der Waals surface area contributed by atoms with E-state index in [4.69, 9.17) is 5.11 Å². The van der Waals surface area contributed by atoms with Crippen molar-refractivity contribution in [1.82, 2.24) is 25.5 Å². The van der Waals surface area contributed by atoms with Gasteiger partial charge < -0.3 is 20.8 Å². The zero-order chi connectivity index (χ0) is 18.9. The van der Waals surface area contributed by atoms with Crippen LogP contribution in [-0.4, -0.2) is 54.6 Å². The predicted molar refractivity (Wildman–Crippen MR) is 86.4 cm³/mol. The molecule has 0 aliphatic heterocycles. The summed E-state index contributed by atoms with van der Waals surface area (Å²) in [6.45, 7) is 0.559. The van der Waals surface area contributed by atoms with Gasteiger partial charge in [-0.15, -0.1) is 5.10 Å². The topological polar surface area (TPSA) is 142 Å². The number of carboxylic acids is 1. The highest BCUT2D eigenvalue weighted by Gasteiger charge is 2.31. The minimum absolute atomic E-state index is 0.0900. The summed E-state index contributed by atoms with van der Waals surface area (Å²) in [4.78, 5) is 22.7. The van der Waals surface area contributed by atoms with E-state index in [2.05, 4.69) is 26.2 Å². The van der Waals surface area contributed by atoms with E-state index in [1.807, 2.05) is 0 Å². The molecule has 1 saturated carbocycles. The number of halogens is 1. The van der Waals surface area contributed by atoms with Crippen LogP contribution in [0.2, 0.25) is 0 Å². The molecule has 2 aromatic rings. The highest BCUT2D eigenvalue weighted by Crippen LogP contribution is 2.39. The van der Waals surface area contributed by atoms with Crippen molar-refractivity contribution in [1.29, 1.82) is 0 Å². The van der Waals surface area contributed by atoms with E-state index in [1.165, 1.54) is 16.8 Å². The van der Waals surface area contributed by atoms with Gasteiger partial charge in [0.1, 0.15) is 11.5 Å². The molecule has 0 bridgehead atoms. The summed E-state index contributed by atoms with van der Waals surface area (Å²) in [7, 11) is 0. The Morgan fingerprint density at radius 2 is 2.15 bits per heavy atom. The average molecular weight is 364 g/mol. The molecule has 1 fully saturated rings. The van der Waals surface area contributed by atoms with Crippen LogP contribution in [-0.2, 0) is 4.79 Å². The molecule has 1 unspecified atom stereocenters. The molecule has 1 aliphatic carbocycles. The Balaban J connectivity index is 1.72. The second-order valence-electron chi connectivity index (χ2n) is 6.28. The van der Waals surface area contributed by atoms with Crippen LogP contribution >= 0.6 is 0 Å². The molecule has 10 nitrogen and oxygen atoms in total. The maximum Gasteiger partial charge on any atom is 0.337 e. The highest BCUT2D eigenvalue weighted by molar-refractivity contribution is 5.90. The SMILES string of the molecule is CC(O)(CNC(=O)Nc1ccc(F)c(-n2nnnc2C2CC2)c1)C(=O)O. The van der Waals surface area contributed by atoms with E-state index in [0.717, 1.165) is 25.8 Å². The maximum absolute atomic E-state index is 14.2. The number of nitrogens with zero attached hydrogens (tertiary/aromatic N) is 4. The number of urea groups is 1. The number of rotatable bonds is 6. The fraction of sp³-hybridized carbons (Fsp3) is 0.400. The van der Waals surface area contributed by atoms with Crippen LogP contribution in [0.3, 0.4) is 0 Å². The van der Waals surface area contributed by atoms with Gasteiger partial charge in [-0.3, -0.25) is 0 Å². The molecule has 0 radical (unpaired) electrons.